The number of rotatable bonds is 6. The zero-order valence-electron chi connectivity index (χ0n) is 23.4. The monoisotopic (exact) mass is 532 g/mol. The third-order valence-electron chi connectivity index (χ3n) is 6.67. The summed E-state index contributed by atoms with van der Waals surface area (Å²) < 4.78 is 7.21. The van der Waals surface area contributed by atoms with Gasteiger partial charge in [0.15, 0.2) is 6.61 Å². The van der Waals surface area contributed by atoms with Crippen molar-refractivity contribution in [2.24, 2.45) is 0 Å². The van der Waals surface area contributed by atoms with Crippen LogP contribution in [0.4, 0.5) is 5.82 Å². The molecular weight excluding hydrogens is 500 g/mol. The van der Waals surface area contributed by atoms with E-state index in [1.54, 1.807) is 10.7 Å². The fourth-order valence-corrected chi connectivity index (χ4v) is 4.57. The van der Waals surface area contributed by atoms with Crippen LogP contribution in [0.2, 0.25) is 0 Å². The van der Waals surface area contributed by atoms with E-state index in [9.17, 15) is 9.59 Å². The molecule has 0 aliphatic carbocycles. The Labute approximate surface area is 233 Å². The van der Waals surface area contributed by atoms with E-state index >= 15 is 0 Å². The maximum absolute atomic E-state index is 13.3. The molecule has 5 aromatic rings. The van der Waals surface area contributed by atoms with Gasteiger partial charge < -0.3 is 10.1 Å². The summed E-state index contributed by atoms with van der Waals surface area (Å²) in [5, 5.41) is 8.25. The van der Waals surface area contributed by atoms with Crippen LogP contribution in [0.15, 0.2) is 84.9 Å². The van der Waals surface area contributed by atoms with Crippen molar-refractivity contribution in [2.75, 3.05) is 11.9 Å². The van der Waals surface area contributed by atoms with Crippen molar-refractivity contribution in [1.29, 1.82) is 0 Å². The number of fused-ring (bicyclic) bond motifs is 1. The van der Waals surface area contributed by atoms with Crippen LogP contribution < -0.4 is 5.32 Å². The number of pyridine rings is 1. The normalized spacial score (nSPS) is 11.4. The number of aryl methyl sites for hydroxylation is 2. The average Bonchev–Trinajstić information content (AvgIpc) is 3.36. The number of esters is 1. The number of hydrogen-bond acceptors (Lipinski definition) is 5. The second-order valence-electron chi connectivity index (χ2n) is 10.9. The third kappa shape index (κ3) is 5.64. The van der Waals surface area contributed by atoms with E-state index in [2.05, 4.69) is 32.2 Å². The van der Waals surface area contributed by atoms with Crippen LogP contribution in [-0.2, 0) is 14.9 Å². The molecule has 0 unspecified atom stereocenters. The molecule has 5 rings (SSSR count). The Balaban J connectivity index is 1.39. The predicted molar refractivity (Wildman–Crippen MR) is 158 cm³/mol. The molecule has 0 saturated carbocycles. The van der Waals surface area contributed by atoms with E-state index in [1.165, 1.54) is 0 Å². The molecule has 7 heteroatoms. The van der Waals surface area contributed by atoms with Crippen molar-refractivity contribution in [2.45, 2.75) is 40.0 Å². The van der Waals surface area contributed by atoms with Crippen molar-refractivity contribution < 1.29 is 14.3 Å². The standard InChI is InChI=1S/C33H32N4O3/c1-21-15-16-24(22(2)17-21)28-18-26(25-13-9-10-14-27(25)34-28)32(39)40-20-31(38)35-30-19-29(33(3,4)5)36-37(30)23-11-7-6-8-12-23/h6-19H,20H2,1-5H3,(H,35,38). The molecule has 1 N–H and O–H groups in total. The van der Waals surface area contributed by atoms with Gasteiger partial charge in [-0.2, -0.15) is 5.10 Å². The van der Waals surface area contributed by atoms with Crippen molar-refractivity contribution in [3.63, 3.8) is 0 Å². The first-order valence-corrected chi connectivity index (χ1v) is 13.2. The Morgan fingerprint density at radius 1 is 0.900 bits per heavy atom. The molecule has 3 aromatic carbocycles. The summed E-state index contributed by atoms with van der Waals surface area (Å²) in [5.41, 5.74) is 6.28. The quantitative estimate of drug-likeness (QED) is 0.243. The number of benzene rings is 3. The number of ether oxygens (including phenoxy) is 1. The van der Waals surface area contributed by atoms with Crippen molar-refractivity contribution >= 4 is 28.6 Å². The summed E-state index contributed by atoms with van der Waals surface area (Å²) in [5.74, 6) is -0.547. The van der Waals surface area contributed by atoms with Crippen LogP contribution >= 0.6 is 0 Å². The molecule has 0 radical (unpaired) electrons. The second-order valence-corrected chi connectivity index (χ2v) is 10.9. The lowest BCUT2D eigenvalue weighted by molar-refractivity contribution is -0.119. The van der Waals surface area contributed by atoms with Crippen LogP contribution in [0.25, 0.3) is 27.8 Å². The lowest BCUT2D eigenvalue weighted by Gasteiger charge is -2.14. The van der Waals surface area contributed by atoms with Crippen molar-refractivity contribution in [3.8, 4) is 16.9 Å². The summed E-state index contributed by atoms with van der Waals surface area (Å²) in [6.45, 7) is 9.79. The zero-order valence-corrected chi connectivity index (χ0v) is 23.4. The smallest absolute Gasteiger partial charge is 0.339 e. The number of aromatic nitrogens is 3. The van der Waals surface area contributed by atoms with E-state index in [0.29, 0.717) is 28.0 Å². The Morgan fingerprint density at radius 3 is 2.35 bits per heavy atom. The van der Waals surface area contributed by atoms with Gasteiger partial charge in [0.25, 0.3) is 5.91 Å². The van der Waals surface area contributed by atoms with Gasteiger partial charge in [0.05, 0.1) is 28.2 Å². The first kappa shape index (κ1) is 26.8. The van der Waals surface area contributed by atoms with Gasteiger partial charge in [0.1, 0.15) is 5.82 Å². The van der Waals surface area contributed by atoms with Crippen molar-refractivity contribution in [3.05, 3.63) is 107 Å². The lowest BCUT2D eigenvalue weighted by Crippen LogP contribution is -2.22. The topological polar surface area (TPSA) is 86.1 Å². The fourth-order valence-electron chi connectivity index (χ4n) is 4.57. The van der Waals surface area contributed by atoms with E-state index in [1.807, 2.05) is 86.6 Å². The minimum absolute atomic E-state index is 0.220. The maximum atomic E-state index is 13.3. The Kier molecular flexibility index (Phi) is 7.22. The summed E-state index contributed by atoms with van der Waals surface area (Å²) in [6.07, 6.45) is 0. The molecule has 40 heavy (non-hydrogen) atoms. The van der Waals surface area contributed by atoms with Gasteiger partial charge in [0, 0.05) is 22.4 Å². The number of nitrogens with zero attached hydrogens (tertiary/aromatic N) is 3. The van der Waals surface area contributed by atoms with Gasteiger partial charge in [-0.1, -0.05) is 80.9 Å². The molecule has 0 spiro atoms. The molecule has 7 nitrogen and oxygen atoms in total. The highest BCUT2D eigenvalue weighted by Gasteiger charge is 2.22. The number of para-hydroxylation sites is 2. The van der Waals surface area contributed by atoms with E-state index in [0.717, 1.165) is 28.1 Å². The van der Waals surface area contributed by atoms with Gasteiger partial charge in [-0.3, -0.25) is 4.79 Å². The van der Waals surface area contributed by atoms with E-state index in [-0.39, 0.29) is 5.41 Å². The highest BCUT2D eigenvalue weighted by atomic mass is 16.5. The summed E-state index contributed by atoms with van der Waals surface area (Å²) in [4.78, 5) is 31.1. The van der Waals surface area contributed by atoms with E-state index in [4.69, 9.17) is 14.8 Å². The maximum Gasteiger partial charge on any atom is 0.339 e. The van der Waals surface area contributed by atoms with Crippen LogP contribution in [0.3, 0.4) is 0 Å². The Morgan fingerprint density at radius 2 is 1.62 bits per heavy atom. The second kappa shape index (κ2) is 10.8. The molecule has 2 heterocycles. The largest absolute Gasteiger partial charge is 0.452 e. The molecule has 0 atom stereocenters. The zero-order chi connectivity index (χ0) is 28.4. The van der Waals surface area contributed by atoms with Gasteiger partial charge in [0.2, 0.25) is 0 Å². The third-order valence-corrected chi connectivity index (χ3v) is 6.67. The average molecular weight is 533 g/mol. The molecule has 0 bridgehead atoms. The number of anilines is 1. The van der Waals surface area contributed by atoms with Crippen LogP contribution in [0.5, 0.6) is 0 Å². The SMILES string of the molecule is Cc1ccc(-c2cc(C(=O)OCC(=O)Nc3cc(C(C)(C)C)nn3-c3ccccc3)c3ccccc3n2)c(C)c1. The number of carbonyl (C=O) groups is 2. The molecule has 0 saturated heterocycles. The van der Waals surface area contributed by atoms with Crippen molar-refractivity contribution in [1.82, 2.24) is 14.8 Å². The number of amides is 1. The minimum atomic E-state index is -0.591. The first-order valence-electron chi connectivity index (χ1n) is 13.2. The molecular formula is C33H32N4O3. The van der Waals surface area contributed by atoms with Gasteiger partial charge in [-0.15, -0.1) is 0 Å². The Hall–Kier alpha value is -4.78. The summed E-state index contributed by atoms with van der Waals surface area (Å²) in [6, 6.07) is 26.7. The molecule has 2 aromatic heterocycles. The van der Waals surface area contributed by atoms with Gasteiger partial charge >= 0.3 is 5.97 Å². The summed E-state index contributed by atoms with van der Waals surface area (Å²) in [7, 11) is 0. The summed E-state index contributed by atoms with van der Waals surface area (Å²) >= 11 is 0. The highest BCUT2D eigenvalue weighted by Crippen LogP contribution is 2.29. The number of nitrogens with one attached hydrogen (secondary N) is 1. The molecule has 0 aliphatic rings. The van der Waals surface area contributed by atoms with E-state index < -0.39 is 18.5 Å². The van der Waals surface area contributed by atoms with Gasteiger partial charge in [-0.05, 0) is 43.7 Å². The lowest BCUT2D eigenvalue weighted by atomic mass is 9.92. The molecule has 0 aliphatic heterocycles. The predicted octanol–water partition coefficient (Wildman–Crippen LogP) is 6.80. The van der Waals surface area contributed by atoms with Gasteiger partial charge in [-0.25, -0.2) is 14.5 Å². The molecule has 0 fully saturated rings. The van der Waals surface area contributed by atoms with Crippen LogP contribution in [0, 0.1) is 13.8 Å². The fraction of sp³-hybridized carbons (Fsp3) is 0.212. The van der Waals surface area contributed by atoms with Crippen LogP contribution in [0.1, 0.15) is 48.0 Å². The first-order chi connectivity index (χ1) is 19.1. The Bertz CT molecular complexity index is 1720. The number of hydrogen-bond donors (Lipinski definition) is 1. The van der Waals surface area contributed by atoms with Crippen LogP contribution in [-0.4, -0.2) is 33.2 Å². The molecule has 202 valence electrons. The number of carbonyl (C=O) groups excluding carboxylic acids is 2. The molecule has 1 amide bonds. The highest BCUT2D eigenvalue weighted by molar-refractivity contribution is 6.05. The minimum Gasteiger partial charge on any atom is -0.452 e.